The Morgan fingerprint density at radius 2 is 2.09 bits per heavy atom. The molecule has 0 saturated heterocycles. The number of nitrogens with one attached hydrogen (secondary N) is 1. The molecule has 3 aromatic rings. The van der Waals surface area contributed by atoms with Crippen molar-refractivity contribution >= 4 is 27.5 Å². The second-order valence-electron chi connectivity index (χ2n) is 4.84. The van der Waals surface area contributed by atoms with E-state index in [0.29, 0.717) is 11.6 Å². The van der Waals surface area contributed by atoms with Gasteiger partial charge in [-0.2, -0.15) is 0 Å². The van der Waals surface area contributed by atoms with E-state index in [1.807, 2.05) is 48.5 Å². The normalized spacial score (nSPS) is 10.6. The summed E-state index contributed by atoms with van der Waals surface area (Å²) in [5, 5.41) is 3.42. The third-order valence-electron chi connectivity index (χ3n) is 3.32. The third-order valence-corrected chi connectivity index (χ3v) is 4.36. The number of ether oxygens (including phenoxy) is 1. The zero-order valence-corrected chi connectivity index (χ0v) is 13.0. The van der Waals surface area contributed by atoms with Gasteiger partial charge >= 0.3 is 0 Å². The van der Waals surface area contributed by atoms with Crippen molar-refractivity contribution in [3.8, 4) is 5.75 Å². The Hall–Kier alpha value is -2.40. The van der Waals surface area contributed by atoms with Gasteiger partial charge in [0.25, 0.3) is 5.91 Å². The third kappa shape index (κ3) is 3.26. The topological polar surface area (TPSA) is 51.2 Å². The maximum absolute atomic E-state index is 12.1. The summed E-state index contributed by atoms with van der Waals surface area (Å²) >= 11 is 1.41. The number of para-hydroxylation sites is 1. The summed E-state index contributed by atoms with van der Waals surface area (Å²) in [6.45, 7) is 0.571. The fourth-order valence-electron chi connectivity index (χ4n) is 2.19. The smallest absolute Gasteiger partial charge is 0.280 e. The van der Waals surface area contributed by atoms with Gasteiger partial charge in [0.15, 0.2) is 5.01 Å². The van der Waals surface area contributed by atoms with Crippen molar-refractivity contribution in [3.63, 3.8) is 0 Å². The molecule has 0 unspecified atom stereocenters. The monoisotopic (exact) mass is 312 g/mol. The van der Waals surface area contributed by atoms with Crippen LogP contribution in [0.3, 0.4) is 0 Å². The number of amides is 1. The predicted octanol–water partition coefficient (Wildman–Crippen LogP) is 3.28. The molecule has 1 amide bonds. The molecule has 0 atom stereocenters. The van der Waals surface area contributed by atoms with Gasteiger partial charge in [-0.05, 0) is 36.2 Å². The standard InChI is InChI=1S/C17H16N2O2S/c1-21-13-6-4-5-12(11-13)9-10-18-16(20)17-19-14-7-2-3-8-15(14)22-17/h2-8,11H,9-10H2,1H3,(H,18,20). The van der Waals surface area contributed by atoms with Crippen molar-refractivity contribution in [2.75, 3.05) is 13.7 Å². The second kappa shape index (κ2) is 6.58. The first-order valence-corrected chi connectivity index (χ1v) is 7.84. The first-order chi connectivity index (χ1) is 10.8. The number of carbonyl (C=O) groups is 1. The van der Waals surface area contributed by atoms with Crippen molar-refractivity contribution < 1.29 is 9.53 Å². The van der Waals surface area contributed by atoms with Crippen LogP contribution < -0.4 is 10.1 Å². The summed E-state index contributed by atoms with van der Waals surface area (Å²) in [6.07, 6.45) is 0.758. The van der Waals surface area contributed by atoms with Crippen LogP contribution in [0.1, 0.15) is 15.4 Å². The van der Waals surface area contributed by atoms with Crippen LogP contribution in [-0.4, -0.2) is 24.5 Å². The van der Waals surface area contributed by atoms with Crippen molar-refractivity contribution in [1.29, 1.82) is 0 Å². The number of thiazole rings is 1. The summed E-state index contributed by atoms with van der Waals surface area (Å²) in [7, 11) is 1.65. The van der Waals surface area contributed by atoms with Crippen LogP contribution in [-0.2, 0) is 6.42 Å². The zero-order valence-electron chi connectivity index (χ0n) is 12.2. The Balaban J connectivity index is 1.60. The molecule has 2 aromatic carbocycles. The van der Waals surface area contributed by atoms with Crippen LogP contribution in [0.15, 0.2) is 48.5 Å². The minimum Gasteiger partial charge on any atom is -0.497 e. The summed E-state index contributed by atoms with van der Waals surface area (Å²) in [6, 6.07) is 15.6. The molecule has 0 aliphatic rings. The molecule has 112 valence electrons. The molecule has 22 heavy (non-hydrogen) atoms. The Bertz CT molecular complexity index is 765. The van der Waals surface area contributed by atoms with E-state index in [-0.39, 0.29) is 5.91 Å². The Labute approximate surface area is 132 Å². The van der Waals surface area contributed by atoms with Crippen LogP contribution in [0.4, 0.5) is 0 Å². The van der Waals surface area contributed by atoms with E-state index in [0.717, 1.165) is 28.0 Å². The zero-order chi connectivity index (χ0) is 15.4. The molecule has 0 radical (unpaired) electrons. The average Bonchev–Trinajstić information content (AvgIpc) is 2.99. The van der Waals surface area contributed by atoms with E-state index in [1.54, 1.807) is 7.11 Å². The van der Waals surface area contributed by atoms with Gasteiger partial charge in [0.2, 0.25) is 0 Å². The number of nitrogens with zero attached hydrogens (tertiary/aromatic N) is 1. The largest absolute Gasteiger partial charge is 0.497 e. The molecule has 1 heterocycles. The highest BCUT2D eigenvalue weighted by Crippen LogP contribution is 2.21. The lowest BCUT2D eigenvalue weighted by Crippen LogP contribution is -2.25. The molecule has 1 aromatic heterocycles. The molecule has 0 spiro atoms. The van der Waals surface area contributed by atoms with Crippen LogP contribution >= 0.6 is 11.3 Å². The maximum atomic E-state index is 12.1. The quantitative estimate of drug-likeness (QED) is 0.786. The van der Waals surface area contributed by atoms with E-state index in [2.05, 4.69) is 10.3 Å². The number of hydrogen-bond acceptors (Lipinski definition) is 4. The predicted molar refractivity (Wildman–Crippen MR) is 88.7 cm³/mol. The van der Waals surface area contributed by atoms with Crippen molar-refractivity contribution in [2.24, 2.45) is 0 Å². The van der Waals surface area contributed by atoms with Crippen molar-refractivity contribution in [2.45, 2.75) is 6.42 Å². The lowest BCUT2D eigenvalue weighted by Gasteiger charge is -2.05. The number of benzene rings is 2. The van der Waals surface area contributed by atoms with Gasteiger partial charge in [-0.25, -0.2) is 4.98 Å². The SMILES string of the molecule is COc1cccc(CCNC(=O)c2nc3ccccc3s2)c1. The lowest BCUT2D eigenvalue weighted by molar-refractivity contribution is 0.0954. The maximum Gasteiger partial charge on any atom is 0.280 e. The molecule has 4 nitrogen and oxygen atoms in total. The minimum atomic E-state index is -0.121. The van der Waals surface area contributed by atoms with E-state index in [1.165, 1.54) is 11.3 Å². The molecule has 0 aliphatic heterocycles. The van der Waals surface area contributed by atoms with E-state index in [9.17, 15) is 4.79 Å². The van der Waals surface area contributed by atoms with Gasteiger partial charge < -0.3 is 10.1 Å². The van der Waals surface area contributed by atoms with Crippen LogP contribution in [0, 0.1) is 0 Å². The van der Waals surface area contributed by atoms with Crippen LogP contribution in [0.25, 0.3) is 10.2 Å². The van der Waals surface area contributed by atoms with Gasteiger partial charge in [0.05, 0.1) is 17.3 Å². The van der Waals surface area contributed by atoms with Crippen molar-refractivity contribution in [1.82, 2.24) is 10.3 Å². The van der Waals surface area contributed by atoms with E-state index < -0.39 is 0 Å². The Morgan fingerprint density at radius 1 is 1.23 bits per heavy atom. The van der Waals surface area contributed by atoms with Crippen molar-refractivity contribution in [3.05, 3.63) is 59.1 Å². The van der Waals surface area contributed by atoms with Crippen LogP contribution in [0.2, 0.25) is 0 Å². The number of rotatable bonds is 5. The fraction of sp³-hybridized carbons (Fsp3) is 0.176. The second-order valence-corrected chi connectivity index (χ2v) is 5.87. The Morgan fingerprint density at radius 3 is 2.91 bits per heavy atom. The van der Waals surface area contributed by atoms with Gasteiger partial charge in [-0.3, -0.25) is 4.79 Å². The number of aromatic nitrogens is 1. The minimum absolute atomic E-state index is 0.121. The molecule has 0 bridgehead atoms. The number of carbonyl (C=O) groups excluding carboxylic acids is 1. The molecule has 0 saturated carbocycles. The van der Waals surface area contributed by atoms with Gasteiger partial charge in [0, 0.05) is 6.54 Å². The van der Waals surface area contributed by atoms with E-state index >= 15 is 0 Å². The number of hydrogen-bond donors (Lipinski definition) is 1. The van der Waals surface area contributed by atoms with Gasteiger partial charge in [-0.1, -0.05) is 24.3 Å². The van der Waals surface area contributed by atoms with Crippen LogP contribution in [0.5, 0.6) is 5.75 Å². The first kappa shape index (κ1) is 14.5. The summed E-state index contributed by atoms with van der Waals surface area (Å²) in [5.41, 5.74) is 1.99. The molecule has 5 heteroatoms. The molecular formula is C17H16N2O2S. The highest BCUT2D eigenvalue weighted by molar-refractivity contribution is 7.20. The lowest BCUT2D eigenvalue weighted by atomic mass is 10.1. The fourth-order valence-corrected chi connectivity index (χ4v) is 3.08. The average molecular weight is 312 g/mol. The van der Waals surface area contributed by atoms with Gasteiger partial charge in [-0.15, -0.1) is 11.3 Å². The van der Waals surface area contributed by atoms with E-state index in [4.69, 9.17) is 4.74 Å². The molecular weight excluding hydrogens is 296 g/mol. The Kier molecular flexibility index (Phi) is 4.34. The molecule has 1 N–H and O–H groups in total. The summed E-state index contributed by atoms with van der Waals surface area (Å²) in [4.78, 5) is 16.5. The summed E-state index contributed by atoms with van der Waals surface area (Å²) < 4.78 is 6.22. The number of methoxy groups -OCH3 is 1. The van der Waals surface area contributed by atoms with Gasteiger partial charge in [0.1, 0.15) is 5.75 Å². The highest BCUT2D eigenvalue weighted by atomic mass is 32.1. The number of fused-ring (bicyclic) bond motifs is 1. The molecule has 0 aliphatic carbocycles. The molecule has 3 rings (SSSR count). The first-order valence-electron chi connectivity index (χ1n) is 7.03. The highest BCUT2D eigenvalue weighted by Gasteiger charge is 2.11. The molecule has 0 fully saturated rings. The summed E-state index contributed by atoms with van der Waals surface area (Å²) in [5.74, 6) is 0.707.